The maximum absolute atomic E-state index is 5.66. The van der Waals surface area contributed by atoms with Crippen molar-refractivity contribution in [1.29, 1.82) is 0 Å². The number of fused-ring (bicyclic) bond motifs is 1. The predicted molar refractivity (Wildman–Crippen MR) is 59.8 cm³/mol. The van der Waals surface area contributed by atoms with E-state index in [-0.39, 0.29) is 0 Å². The summed E-state index contributed by atoms with van der Waals surface area (Å²) in [5.41, 5.74) is 1.78. The topological polar surface area (TPSA) is 12.9 Å². The third-order valence-electron chi connectivity index (χ3n) is 1.71. The average molecular weight is 265 g/mol. The monoisotopic (exact) mass is 265 g/mol. The number of aromatic nitrogens is 1. The van der Waals surface area contributed by atoms with Gasteiger partial charge in [0.15, 0.2) is 0 Å². The zero-order valence-corrected chi connectivity index (χ0v) is 8.45. The average Bonchev–Trinajstić information content (AvgIpc) is 2.07. The quantitative estimate of drug-likeness (QED) is 0.521. The Hall–Kier alpha value is -0.575. The lowest BCUT2D eigenvalue weighted by atomic mass is 9.95. The van der Waals surface area contributed by atoms with Gasteiger partial charge < -0.3 is 0 Å². The first kappa shape index (κ1) is 8.04. The molecule has 2 aromatic rings. The Morgan fingerprint density at radius 2 is 2.08 bits per heavy atom. The van der Waals surface area contributed by atoms with E-state index in [2.05, 4.69) is 27.6 Å². The van der Waals surface area contributed by atoms with Gasteiger partial charge in [-0.3, -0.25) is 4.98 Å². The number of benzene rings is 1. The van der Waals surface area contributed by atoms with Crippen LogP contribution in [0, 0.1) is 3.57 Å². The number of halogens is 1. The van der Waals surface area contributed by atoms with Crippen molar-refractivity contribution in [2.45, 2.75) is 0 Å². The van der Waals surface area contributed by atoms with Gasteiger partial charge in [-0.15, -0.1) is 0 Å². The molecule has 0 fully saturated rings. The Labute approximate surface area is 85.7 Å². The van der Waals surface area contributed by atoms with Crippen molar-refractivity contribution in [2.24, 2.45) is 0 Å². The second kappa shape index (κ2) is 3.05. The van der Waals surface area contributed by atoms with Crippen LogP contribution in [0.25, 0.3) is 10.9 Å². The van der Waals surface area contributed by atoms with Gasteiger partial charge >= 0.3 is 0 Å². The van der Waals surface area contributed by atoms with E-state index >= 15 is 0 Å². The van der Waals surface area contributed by atoms with Crippen molar-refractivity contribution in [3.05, 3.63) is 34.0 Å². The summed E-state index contributed by atoms with van der Waals surface area (Å²) in [5.74, 6) is 0. The van der Waals surface area contributed by atoms with Crippen molar-refractivity contribution in [3.8, 4) is 0 Å². The number of hydrogen-bond donors (Lipinski definition) is 0. The molecule has 2 radical (unpaired) electrons. The van der Waals surface area contributed by atoms with E-state index < -0.39 is 0 Å². The third kappa shape index (κ3) is 1.33. The van der Waals surface area contributed by atoms with Gasteiger partial charge in [0.25, 0.3) is 0 Å². The zero-order valence-electron chi connectivity index (χ0n) is 6.29. The minimum absolute atomic E-state index is 0.786. The smallest absolute Gasteiger partial charge is 0.113 e. The molecule has 2 rings (SSSR count). The number of nitrogens with zero attached hydrogens (tertiary/aromatic N) is 1. The second-order valence-corrected chi connectivity index (χ2v) is 3.73. The first-order valence-corrected chi connectivity index (χ1v) is 4.65. The van der Waals surface area contributed by atoms with E-state index in [0.29, 0.717) is 0 Å². The lowest BCUT2D eigenvalue weighted by Gasteiger charge is -2.00. The van der Waals surface area contributed by atoms with Crippen molar-refractivity contribution < 1.29 is 0 Å². The van der Waals surface area contributed by atoms with Crippen molar-refractivity contribution in [1.82, 2.24) is 4.98 Å². The molecule has 1 heterocycles. The van der Waals surface area contributed by atoms with Crippen LogP contribution in [0.3, 0.4) is 0 Å². The minimum atomic E-state index is 0.786. The molecule has 0 spiro atoms. The lowest BCUT2D eigenvalue weighted by molar-refractivity contribution is 1.40. The van der Waals surface area contributed by atoms with Gasteiger partial charge in [-0.2, -0.15) is 0 Å². The van der Waals surface area contributed by atoms with E-state index in [1.54, 1.807) is 6.20 Å². The molecule has 1 aromatic heterocycles. The molecule has 0 unspecified atom stereocenters. The molecule has 1 nitrogen and oxygen atoms in total. The standard InChI is InChI=1S/C9H5BIN/c10-6-1-2-9-7(5-6)8(11)3-4-12-9/h1-5H. The predicted octanol–water partition coefficient (Wildman–Crippen LogP) is 1.63. The Balaban J connectivity index is 2.88. The van der Waals surface area contributed by atoms with E-state index in [4.69, 9.17) is 7.85 Å². The SMILES string of the molecule is [B]c1ccc2nccc(I)c2c1. The lowest BCUT2D eigenvalue weighted by Crippen LogP contribution is -2.00. The van der Waals surface area contributed by atoms with Crippen LogP contribution < -0.4 is 5.46 Å². The molecule has 0 amide bonds. The molecule has 12 heavy (non-hydrogen) atoms. The summed E-state index contributed by atoms with van der Waals surface area (Å²) in [6, 6.07) is 7.73. The van der Waals surface area contributed by atoms with E-state index in [0.717, 1.165) is 16.4 Å². The molecule has 0 aliphatic rings. The molecule has 3 heteroatoms. The molecular formula is C9H5BIN. The summed E-state index contributed by atoms with van der Waals surface area (Å²) >= 11 is 2.28. The Bertz CT molecular complexity index is 428. The fourth-order valence-electron chi connectivity index (χ4n) is 1.13. The maximum atomic E-state index is 5.66. The van der Waals surface area contributed by atoms with Crippen molar-refractivity contribution >= 4 is 46.8 Å². The van der Waals surface area contributed by atoms with Crippen molar-refractivity contribution in [3.63, 3.8) is 0 Å². The Kier molecular flexibility index (Phi) is 2.04. The molecule has 0 N–H and O–H groups in total. The molecule has 0 saturated carbocycles. The van der Waals surface area contributed by atoms with Gasteiger partial charge in [0.1, 0.15) is 7.85 Å². The van der Waals surface area contributed by atoms with Crippen LogP contribution in [0.2, 0.25) is 0 Å². The summed E-state index contributed by atoms with van der Waals surface area (Å²) < 4.78 is 1.19. The molecule has 0 aliphatic heterocycles. The van der Waals surface area contributed by atoms with Gasteiger partial charge in [-0.1, -0.05) is 17.6 Å². The molecule has 0 atom stereocenters. The van der Waals surface area contributed by atoms with E-state index in [1.165, 1.54) is 3.57 Å². The first-order chi connectivity index (χ1) is 5.77. The van der Waals surface area contributed by atoms with Crippen LogP contribution in [-0.2, 0) is 0 Å². The van der Waals surface area contributed by atoms with Crippen LogP contribution >= 0.6 is 22.6 Å². The fourth-order valence-corrected chi connectivity index (χ4v) is 1.72. The summed E-state index contributed by atoms with van der Waals surface area (Å²) in [4.78, 5) is 4.22. The fraction of sp³-hybridized carbons (Fsp3) is 0. The summed E-state index contributed by atoms with van der Waals surface area (Å²) in [6.07, 6.45) is 1.81. The van der Waals surface area contributed by atoms with Crippen molar-refractivity contribution in [2.75, 3.05) is 0 Å². The minimum Gasteiger partial charge on any atom is -0.256 e. The van der Waals surface area contributed by atoms with Crippen LogP contribution in [0.4, 0.5) is 0 Å². The largest absolute Gasteiger partial charge is 0.256 e. The maximum Gasteiger partial charge on any atom is 0.113 e. The highest BCUT2D eigenvalue weighted by molar-refractivity contribution is 14.1. The van der Waals surface area contributed by atoms with Gasteiger partial charge in [0, 0.05) is 15.2 Å². The van der Waals surface area contributed by atoms with Gasteiger partial charge in [-0.25, -0.2) is 0 Å². The van der Waals surface area contributed by atoms with Crippen LogP contribution in [0.15, 0.2) is 30.5 Å². The normalized spacial score (nSPS) is 10.4. The van der Waals surface area contributed by atoms with Gasteiger partial charge in [0.05, 0.1) is 5.52 Å². The number of rotatable bonds is 0. The van der Waals surface area contributed by atoms with Crippen LogP contribution in [0.1, 0.15) is 0 Å². The molecule has 1 aromatic carbocycles. The highest BCUT2D eigenvalue weighted by Crippen LogP contribution is 2.16. The summed E-state index contributed by atoms with van der Waals surface area (Å²) in [7, 11) is 5.66. The molecule has 56 valence electrons. The highest BCUT2D eigenvalue weighted by atomic mass is 127. The summed E-state index contributed by atoms with van der Waals surface area (Å²) in [6.45, 7) is 0. The summed E-state index contributed by atoms with van der Waals surface area (Å²) in [5, 5.41) is 1.12. The van der Waals surface area contributed by atoms with E-state index in [1.807, 2.05) is 24.3 Å². The third-order valence-corrected chi connectivity index (χ3v) is 2.65. The Morgan fingerprint density at radius 1 is 1.25 bits per heavy atom. The zero-order chi connectivity index (χ0) is 8.55. The molecular weight excluding hydrogens is 260 g/mol. The van der Waals surface area contributed by atoms with Crippen LogP contribution in [-0.4, -0.2) is 12.8 Å². The number of pyridine rings is 1. The molecule has 0 aliphatic carbocycles. The number of hydrogen-bond acceptors (Lipinski definition) is 1. The van der Waals surface area contributed by atoms with Gasteiger partial charge in [-0.05, 0) is 34.7 Å². The van der Waals surface area contributed by atoms with E-state index in [9.17, 15) is 0 Å². The molecule has 0 saturated heterocycles. The highest BCUT2D eigenvalue weighted by Gasteiger charge is 1.97. The van der Waals surface area contributed by atoms with Gasteiger partial charge in [0.2, 0.25) is 0 Å². The first-order valence-electron chi connectivity index (χ1n) is 3.57. The Morgan fingerprint density at radius 3 is 2.92 bits per heavy atom. The van der Waals surface area contributed by atoms with Crippen LogP contribution in [0.5, 0.6) is 0 Å². The second-order valence-electron chi connectivity index (χ2n) is 2.57. The molecule has 0 bridgehead atoms.